The zero-order valence-corrected chi connectivity index (χ0v) is 34.6. The van der Waals surface area contributed by atoms with E-state index in [0.29, 0.717) is 44.7 Å². The van der Waals surface area contributed by atoms with Crippen LogP contribution in [0.3, 0.4) is 0 Å². The van der Waals surface area contributed by atoms with E-state index in [-0.39, 0.29) is 18.0 Å². The fraction of sp³-hybridized carbons (Fsp3) is 0.844. The zero-order chi connectivity index (χ0) is 38.3. The highest BCUT2D eigenvalue weighted by molar-refractivity contribution is 5.69. The van der Waals surface area contributed by atoms with Gasteiger partial charge in [-0.15, -0.1) is 0 Å². The first-order chi connectivity index (χ1) is 25.3. The highest BCUT2D eigenvalue weighted by Gasteiger charge is 2.11. The maximum atomic E-state index is 12.3. The molecule has 0 saturated heterocycles. The number of esters is 2. The first-order valence-corrected chi connectivity index (χ1v) is 21.3. The van der Waals surface area contributed by atoms with E-state index in [0.717, 1.165) is 116 Å². The molecule has 52 heavy (non-hydrogen) atoms. The van der Waals surface area contributed by atoms with E-state index in [1.165, 1.54) is 44.9 Å². The van der Waals surface area contributed by atoms with Crippen LogP contribution in [-0.4, -0.2) is 70.2 Å². The summed E-state index contributed by atoms with van der Waals surface area (Å²) < 4.78 is 23.0. The summed E-state index contributed by atoms with van der Waals surface area (Å²) in [5, 5.41) is 0. The van der Waals surface area contributed by atoms with Crippen molar-refractivity contribution < 1.29 is 28.5 Å². The van der Waals surface area contributed by atoms with Gasteiger partial charge in [-0.2, -0.15) is 0 Å². The fourth-order valence-electron chi connectivity index (χ4n) is 6.25. The van der Waals surface area contributed by atoms with Crippen LogP contribution in [0.4, 0.5) is 0 Å². The van der Waals surface area contributed by atoms with Gasteiger partial charge >= 0.3 is 11.9 Å². The lowest BCUT2D eigenvalue weighted by atomic mass is 9.98. The second kappa shape index (κ2) is 38.6. The van der Waals surface area contributed by atoms with Gasteiger partial charge in [0.15, 0.2) is 0 Å². The summed E-state index contributed by atoms with van der Waals surface area (Å²) in [5.41, 5.74) is 8.38. The largest absolute Gasteiger partial charge is 0.466 e. The molecule has 0 aromatic rings. The quantitative estimate of drug-likeness (QED) is 0.0271. The monoisotopic (exact) mass is 732 g/mol. The van der Waals surface area contributed by atoms with Gasteiger partial charge < -0.3 is 23.8 Å². The van der Waals surface area contributed by atoms with Gasteiger partial charge in [-0.05, 0) is 102 Å². The molecule has 0 aliphatic heterocycles. The summed E-state index contributed by atoms with van der Waals surface area (Å²) in [6.07, 6.45) is 28.5. The molecule has 0 spiro atoms. The van der Waals surface area contributed by atoms with Crippen molar-refractivity contribution in [1.82, 2.24) is 4.90 Å². The van der Waals surface area contributed by atoms with Gasteiger partial charge in [0, 0.05) is 12.8 Å². The van der Waals surface area contributed by atoms with Crippen molar-refractivity contribution in [2.75, 3.05) is 47.3 Å². The van der Waals surface area contributed by atoms with Gasteiger partial charge in [0.1, 0.15) is 6.79 Å². The Bertz CT molecular complexity index is 947. The third-order valence-electron chi connectivity index (χ3n) is 9.68. The minimum absolute atomic E-state index is 0.0407. The van der Waals surface area contributed by atoms with E-state index in [2.05, 4.69) is 63.5 Å². The summed E-state index contributed by atoms with van der Waals surface area (Å²) in [6, 6.07) is 0. The van der Waals surface area contributed by atoms with Crippen LogP contribution in [0.1, 0.15) is 181 Å². The normalized spacial score (nSPS) is 12.8. The van der Waals surface area contributed by atoms with Crippen LogP contribution in [-0.2, 0) is 28.5 Å². The van der Waals surface area contributed by atoms with E-state index >= 15 is 0 Å². The summed E-state index contributed by atoms with van der Waals surface area (Å²) in [5.74, 6) is 0.843. The summed E-state index contributed by atoms with van der Waals surface area (Å²) in [4.78, 5) is 26.6. The Morgan fingerprint density at radius 2 is 1.19 bits per heavy atom. The molecule has 0 rings (SSSR count). The third-order valence-corrected chi connectivity index (χ3v) is 9.68. The number of carbonyl (C=O) groups is 2. The van der Waals surface area contributed by atoms with E-state index < -0.39 is 0 Å². The molecular formula is C45H81NO6. The molecule has 7 heteroatoms. The van der Waals surface area contributed by atoms with Crippen molar-refractivity contribution in [2.45, 2.75) is 187 Å². The number of carbonyl (C=O) groups excluding carboxylic acids is 2. The van der Waals surface area contributed by atoms with Gasteiger partial charge in [0.25, 0.3) is 0 Å². The second-order valence-corrected chi connectivity index (χ2v) is 15.1. The lowest BCUT2D eigenvalue weighted by Gasteiger charge is -2.18. The Morgan fingerprint density at radius 3 is 1.77 bits per heavy atom. The molecule has 0 aromatic heterocycles. The van der Waals surface area contributed by atoms with Crippen molar-refractivity contribution in [2.24, 2.45) is 11.8 Å². The van der Waals surface area contributed by atoms with Crippen molar-refractivity contribution in [3.63, 3.8) is 0 Å². The maximum Gasteiger partial charge on any atom is 0.305 e. The molecule has 0 fully saturated rings. The highest BCUT2D eigenvalue weighted by atomic mass is 16.7. The number of rotatable bonds is 38. The Hall–Kier alpha value is -2.10. The molecule has 0 radical (unpaired) electrons. The van der Waals surface area contributed by atoms with Crippen molar-refractivity contribution >= 4 is 11.9 Å². The average Bonchev–Trinajstić information content (AvgIpc) is 3.11. The highest BCUT2D eigenvalue weighted by Crippen LogP contribution is 2.19. The third kappa shape index (κ3) is 36.3. The number of hydrogen-bond donors (Lipinski definition) is 0. The van der Waals surface area contributed by atoms with Gasteiger partial charge in [-0.25, -0.2) is 0 Å². The predicted molar refractivity (Wildman–Crippen MR) is 216 cm³/mol. The van der Waals surface area contributed by atoms with E-state index in [4.69, 9.17) is 18.9 Å². The van der Waals surface area contributed by atoms with Crippen LogP contribution in [0.25, 0.3) is 0 Å². The number of nitrogens with zero attached hydrogens (tertiary/aromatic N) is 1. The fourth-order valence-corrected chi connectivity index (χ4v) is 6.25. The van der Waals surface area contributed by atoms with E-state index in [1.807, 2.05) is 6.08 Å². The first-order valence-electron chi connectivity index (χ1n) is 21.3. The number of unbranched alkanes of at least 4 members (excludes halogenated alkanes) is 12. The number of hydrogen-bond acceptors (Lipinski definition) is 7. The minimum atomic E-state index is -0.0880. The first kappa shape index (κ1) is 49.9. The summed E-state index contributed by atoms with van der Waals surface area (Å²) in [6.45, 7) is 13.3. The molecule has 0 amide bonds. The van der Waals surface area contributed by atoms with Crippen LogP contribution >= 0.6 is 0 Å². The van der Waals surface area contributed by atoms with Crippen LogP contribution in [0.2, 0.25) is 0 Å². The molecular weight excluding hydrogens is 650 g/mol. The summed E-state index contributed by atoms with van der Waals surface area (Å²) >= 11 is 0. The maximum absolute atomic E-state index is 12.3. The Morgan fingerprint density at radius 1 is 0.654 bits per heavy atom. The Labute approximate surface area is 321 Å². The smallest absolute Gasteiger partial charge is 0.305 e. The van der Waals surface area contributed by atoms with Gasteiger partial charge in [-0.3, -0.25) is 9.59 Å². The van der Waals surface area contributed by atoms with Crippen LogP contribution in [0, 0.1) is 11.8 Å². The molecule has 0 heterocycles. The molecule has 0 saturated carbocycles. The molecule has 0 N–H and O–H groups in total. The lowest BCUT2D eigenvalue weighted by molar-refractivity contribution is -0.145. The lowest BCUT2D eigenvalue weighted by Crippen LogP contribution is -2.18. The molecule has 7 nitrogen and oxygen atoms in total. The minimum Gasteiger partial charge on any atom is -0.466 e. The van der Waals surface area contributed by atoms with Crippen LogP contribution in [0.5, 0.6) is 0 Å². The second-order valence-electron chi connectivity index (χ2n) is 15.1. The predicted octanol–water partition coefficient (Wildman–Crippen LogP) is 11.7. The van der Waals surface area contributed by atoms with Crippen molar-refractivity contribution in [3.05, 3.63) is 29.8 Å². The molecule has 0 aliphatic rings. The standard InChI is InChI=1S/C45H81NO6/c1-7-10-19-27-41(4)34-38-50-44(47)32-24-17-13-15-22-30-43(52-40-49-37-26-36-46(5)6)31-23-16-14-18-25-33-45(48)51-39-35-42(28-20-11-8-2)29-21-12-9-3/h28,41-43H,2,7,9-10,12-19,21-27,29-40H2,1,3-6H3. The molecule has 3 unspecified atom stereocenters. The van der Waals surface area contributed by atoms with Crippen LogP contribution in [0.15, 0.2) is 29.8 Å². The molecule has 0 bridgehead atoms. The van der Waals surface area contributed by atoms with Gasteiger partial charge in [-0.1, -0.05) is 129 Å². The number of ether oxygens (including phenoxy) is 4. The number of allylic oxidation sites excluding steroid dienone is 1. The molecule has 302 valence electrons. The van der Waals surface area contributed by atoms with E-state index in [9.17, 15) is 9.59 Å². The molecule has 0 aliphatic carbocycles. The van der Waals surface area contributed by atoms with E-state index in [1.54, 1.807) is 0 Å². The average molecular weight is 732 g/mol. The SMILES string of the molecule is C=C=C=C=CC(CCCCC)CCOC(=O)CCCCCCCC(CCCCCCCC(=O)OCCC(C)CCCCC)OCOCCCN(C)C. The topological polar surface area (TPSA) is 74.3 Å². The molecule has 3 atom stereocenters. The van der Waals surface area contributed by atoms with Crippen LogP contribution < -0.4 is 0 Å². The Balaban J connectivity index is 4.23. The Kier molecular flexibility index (Phi) is 37.1. The van der Waals surface area contributed by atoms with Crippen molar-refractivity contribution in [1.29, 1.82) is 0 Å². The molecule has 0 aromatic carbocycles. The van der Waals surface area contributed by atoms with Crippen molar-refractivity contribution in [3.8, 4) is 0 Å². The van der Waals surface area contributed by atoms with Gasteiger partial charge in [0.2, 0.25) is 0 Å². The zero-order valence-electron chi connectivity index (χ0n) is 34.6. The van der Waals surface area contributed by atoms with Gasteiger partial charge in [0.05, 0.1) is 25.9 Å². The summed E-state index contributed by atoms with van der Waals surface area (Å²) in [7, 11) is 4.16.